The first kappa shape index (κ1) is 17.5. The smallest absolute Gasteiger partial charge is 0.229 e. The molecule has 2 N–H and O–H groups in total. The second kappa shape index (κ2) is 7.27. The molecule has 0 spiro atoms. The molecule has 1 aliphatic heterocycles. The van der Waals surface area contributed by atoms with Crippen LogP contribution >= 0.6 is 11.6 Å². The standard InChI is InChI=1S/C18H21ClN4O2/c1-11-12(2)21-22-15(11)7-8-17(24)20-13-9-18(25)23(10-13)16-6-4-3-5-14(16)19/h3-6,13H,7-10H2,1-2H3,(H,20,24)(H,21,22)/t13-/m0/s1. The van der Waals surface area contributed by atoms with E-state index in [1.54, 1.807) is 11.0 Å². The van der Waals surface area contributed by atoms with Crippen LogP contribution in [0.3, 0.4) is 0 Å². The summed E-state index contributed by atoms with van der Waals surface area (Å²) < 4.78 is 0. The number of anilines is 1. The number of aryl methyl sites for hydroxylation is 2. The van der Waals surface area contributed by atoms with E-state index >= 15 is 0 Å². The molecule has 2 aromatic rings. The number of hydrogen-bond acceptors (Lipinski definition) is 3. The summed E-state index contributed by atoms with van der Waals surface area (Å²) in [6, 6.07) is 7.04. The molecule has 0 aliphatic carbocycles. The molecule has 0 bridgehead atoms. The Kier molecular flexibility index (Phi) is 5.08. The van der Waals surface area contributed by atoms with Gasteiger partial charge < -0.3 is 10.2 Å². The fourth-order valence-electron chi connectivity index (χ4n) is 3.02. The summed E-state index contributed by atoms with van der Waals surface area (Å²) in [5.74, 6) is -0.101. The fraction of sp³-hybridized carbons (Fsp3) is 0.389. The zero-order chi connectivity index (χ0) is 18.0. The van der Waals surface area contributed by atoms with Crippen LogP contribution in [-0.2, 0) is 16.0 Å². The van der Waals surface area contributed by atoms with Gasteiger partial charge in [0.1, 0.15) is 0 Å². The number of amides is 2. The van der Waals surface area contributed by atoms with E-state index in [9.17, 15) is 9.59 Å². The Balaban J connectivity index is 1.55. The van der Waals surface area contributed by atoms with Crippen LogP contribution in [0, 0.1) is 13.8 Å². The summed E-state index contributed by atoms with van der Waals surface area (Å²) in [6.45, 7) is 4.39. The molecule has 6 nitrogen and oxygen atoms in total. The number of carbonyl (C=O) groups excluding carboxylic acids is 2. The first-order valence-corrected chi connectivity index (χ1v) is 8.68. The van der Waals surface area contributed by atoms with E-state index in [2.05, 4.69) is 15.5 Å². The molecule has 1 aromatic heterocycles. The predicted molar refractivity (Wildman–Crippen MR) is 96.7 cm³/mol. The molecule has 1 aromatic carbocycles. The minimum Gasteiger partial charge on any atom is -0.351 e. The molecule has 1 saturated heterocycles. The van der Waals surface area contributed by atoms with Crippen LogP contribution in [0.15, 0.2) is 24.3 Å². The number of benzene rings is 1. The number of nitrogens with zero attached hydrogens (tertiary/aromatic N) is 2. The third kappa shape index (κ3) is 3.85. The molecule has 0 saturated carbocycles. The summed E-state index contributed by atoms with van der Waals surface area (Å²) in [4.78, 5) is 26.1. The van der Waals surface area contributed by atoms with Crippen molar-refractivity contribution in [2.24, 2.45) is 0 Å². The van der Waals surface area contributed by atoms with Gasteiger partial charge in [-0.25, -0.2) is 0 Å². The lowest BCUT2D eigenvalue weighted by Gasteiger charge is -2.18. The number of halogens is 1. The number of H-pyrrole nitrogens is 1. The van der Waals surface area contributed by atoms with Crippen LogP contribution in [-0.4, -0.2) is 34.6 Å². The zero-order valence-corrected chi connectivity index (χ0v) is 15.1. The van der Waals surface area contributed by atoms with Gasteiger partial charge in [-0.15, -0.1) is 0 Å². The van der Waals surface area contributed by atoms with Crippen molar-refractivity contribution in [1.29, 1.82) is 0 Å². The molecule has 0 radical (unpaired) electrons. The van der Waals surface area contributed by atoms with Crippen LogP contribution in [0.5, 0.6) is 0 Å². The SMILES string of the molecule is Cc1[nH]nc(CCC(=O)N[C@H]2CC(=O)N(c3ccccc3Cl)C2)c1C. The maximum absolute atomic E-state index is 12.2. The van der Waals surface area contributed by atoms with E-state index in [0.29, 0.717) is 30.1 Å². The topological polar surface area (TPSA) is 78.1 Å². The Labute approximate surface area is 151 Å². The molecule has 1 atom stereocenters. The Morgan fingerprint density at radius 2 is 2.16 bits per heavy atom. The van der Waals surface area contributed by atoms with Gasteiger partial charge in [0.05, 0.1) is 22.4 Å². The minimum absolute atomic E-state index is 0.0304. The van der Waals surface area contributed by atoms with Crippen LogP contribution in [0.25, 0.3) is 0 Å². The van der Waals surface area contributed by atoms with Crippen molar-refractivity contribution in [2.45, 2.75) is 39.2 Å². The molecule has 2 heterocycles. The summed E-state index contributed by atoms with van der Waals surface area (Å²) >= 11 is 6.17. The molecule has 3 rings (SSSR count). The highest BCUT2D eigenvalue weighted by atomic mass is 35.5. The zero-order valence-electron chi connectivity index (χ0n) is 14.3. The number of nitrogens with one attached hydrogen (secondary N) is 2. The maximum Gasteiger partial charge on any atom is 0.229 e. The van der Waals surface area contributed by atoms with E-state index in [1.165, 1.54) is 0 Å². The monoisotopic (exact) mass is 360 g/mol. The first-order chi connectivity index (χ1) is 12.0. The molecular weight excluding hydrogens is 340 g/mol. The van der Waals surface area contributed by atoms with Crippen LogP contribution in [0.2, 0.25) is 5.02 Å². The maximum atomic E-state index is 12.2. The molecule has 1 fully saturated rings. The van der Waals surface area contributed by atoms with E-state index in [0.717, 1.165) is 17.0 Å². The summed E-state index contributed by atoms with van der Waals surface area (Å²) in [5.41, 5.74) is 3.71. The van der Waals surface area contributed by atoms with Gasteiger partial charge in [-0.3, -0.25) is 14.7 Å². The molecule has 1 aliphatic rings. The van der Waals surface area contributed by atoms with E-state index in [4.69, 9.17) is 11.6 Å². The lowest BCUT2D eigenvalue weighted by atomic mass is 10.1. The minimum atomic E-state index is -0.196. The van der Waals surface area contributed by atoms with Crippen molar-refractivity contribution in [2.75, 3.05) is 11.4 Å². The first-order valence-electron chi connectivity index (χ1n) is 8.30. The number of aromatic amines is 1. The second-order valence-corrected chi connectivity index (χ2v) is 6.75. The second-order valence-electron chi connectivity index (χ2n) is 6.34. The highest BCUT2D eigenvalue weighted by molar-refractivity contribution is 6.33. The summed E-state index contributed by atoms with van der Waals surface area (Å²) in [5, 5.41) is 10.6. The molecular formula is C18H21ClN4O2. The molecule has 2 amide bonds. The van der Waals surface area contributed by atoms with Gasteiger partial charge in [0, 0.05) is 31.5 Å². The van der Waals surface area contributed by atoms with E-state index < -0.39 is 0 Å². The predicted octanol–water partition coefficient (Wildman–Crippen LogP) is 2.53. The Bertz CT molecular complexity index is 802. The Morgan fingerprint density at radius 3 is 2.84 bits per heavy atom. The number of aromatic nitrogens is 2. The van der Waals surface area contributed by atoms with Gasteiger partial charge in [-0.1, -0.05) is 23.7 Å². The van der Waals surface area contributed by atoms with E-state index in [-0.39, 0.29) is 24.3 Å². The molecule has 7 heteroatoms. The molecule has 25 heavy (non-hydrogen) atoms. The third-order valence-corrected chi connectivity index (χ3v) is 4.90. The van der Waals surface area contributed by atoms with Gasteiger partial charge in [-0.05, 0) is 31.5 Å². The van der Waals surface area contributed by atoms with Gasteiger partial charge in [0.15, 0.2) is 0 Å². The van der Waals surface area contributed by atoms with Crippen molar-refractivity contribution in [1.82, 2.24) is 15.5 Å². The Hall–Kier alpha value is -2.34. The number of carbonyl (C=O) groups is 2. The van der Waals surface area contributed by atoms with Gasteiger partial charge in [0.25, 0.3) is 0 Å². The fourth-order valence-corrected chi connectivity index (χ4v) is 3.26. The average molecular weight is 361 g/mol. The van der Waals surface area contributed by atoms with Crippen LogP contribution in [0.1, 0.15) is 29.8 Å². The summed E-state index contributed by atoms with van der Waals surface area (Å²) in [7, 11) is 0. The normalized spacial score (nSPS) is 17.2. The molecule has 132 valence electrons. The molecule has 0 unspecified atom stereocenters. The third-order valence-electron chi connectivity index (χ3n) is 4.58. The average Bonchev–Trinajstić information content (AvgIpc) is 3.09. The van der Waals surface area contributed by atoms with Crippen molar-refractivity contribution in [3.63, 3.8) is 0 Å². The highest BCUT2D eigenvalue weighted by Gasteiger charge is 2.32. The van der Waals surface area contributed by atoms with Crippen LogP contribution < -0.4 is 10.2 Å². The largest absolute Gasteiger partial charge is 0.351 e. The number of hydrogen-bond donors (Lipinski definition) is 2. The van der Waals surface area contributed by atoms with Crippen LogP contribution in [0.4, 0.5) is 5.69 Å². The van der Waals surface area contributed by atoms with Crippen molar-refractivity contribution in [3.8, 4) is 0 Å². The number of rotatable bonds is 5. The summed E-state index contributed by atoms with van der Waals surface area (Å²) in [6.07, 6.45) is 1.22. The van der Waals surface area contributed by atoms with E-state index in [1.807, 2.05) is 32.0 Å². The Morgan fingerprint density at radius 1 is 1.40 bits per heavy atom. The van der Waals surface area contributed by atoms with Gasteiger partial charge in [0.2, 0.25) is 11.8 Å². The number of para-hydroxylation sites is 1. The lowest BCUT2D eigenvalue weighted by molar-refractivity contribution is -0.121. The lowest BCUT2D eigenvalue weighted by Crippen LogP contribution is -2.37. The van der Waals surface area contributed by atoms with Crippen molar-refractivity contribution >= 4 is 29.1 Å². The highest BCUT2D eigenvalue weighted by Crippen LogP contribution is 2.29. The van der Waals surface area contributed by atoms with Crippen molar-refractivity contribution < 1.29 is 9.59 Å². The van der Waals surface area contributed by atoms with Gasteiger partial charge in [-0.2, -0.15) is 5.10 Å². The quantitative estimate of drug-likeness (QED) is 0.860. The van der Waals surface area contributed by atoms with Gasteiger partial charge >= 0.3 is 0 Å². The van der Waals surface area contributed by atoms with Crippen molar-refractivity contribution in [3.05, 3.63) is 46.2 Å².